The molecule has 0 aromatic rings. The zero-order valence-electron chi connectivity index (χ0n) is 5.50. The third-order valence-corrected chi connectivity index (χ3v) is 3.80. The highest BCUT2D eigenvalue weighted by molar-refractivity contribution is 7.98. The normalized spacial score (nSPS) is 15.1. The fourth-order valence-electron chi connectivity index (χ4n) is 0.467. The maximum absolute atomic E-state index is 10.3. The van der Waals surface area contributed by atoms with Gasteiger partial charge in [0.15, 0.2) is 4.65 Å². The first-order chi connectivity index (χ1) is 4.69. The Balaban J connectivity index is 5.25. The van der Waals surface area contributed by atoms with Crippen LogP contribution < -0.4 is 0 Å². The van der Waals surface area contributed by atoms with Crippen molar-refractivity contribution in [1.29, 1.82) is 0 Å². The van der Waals surface area contributed by atoms with Gasteiger partial charge in [-0.05, 0) is 6.92 Å². The van der Waals surface area contributed by atoms with E-state index in [0.717, 1.165) is 6.92 Å². The molecule has 0 saturated heterocycles. The Morgan fingerprint density at radius 1 is 1.45 bits per heavy atom. The van der Waals surface area contributed by atoms with Crippen molar-refractivity contribution in [2.24, 2.45) is 0 Å². The van der Waals surface area contributed by atoms with Crippen molar-refractivity contribution >= 4 is 17.7 Å². The number of rotatable bonds is 2. The van der Waals surface area contributed by atoms with Crippen LogP contribution in [0.4, 0.5) is 0 Å². The van der Waals surface area contributed by atoms with Crippen LogP contribution in [0.25, 0.3) is 0 Å². The van der Waals surface area contributed by atoms with Crippen molar-refractivity contribution in [3.8, 4) is 0 Å². The minimum Gasteiger partial charge on any atom is -0.321 e. The lowest BCUT2D eigenvalue weighted by Gasteiger charge is -2.03. The molecule has 0 rings (SSSR count). The van der Waals surface area contributed by atoms with Crippen molar-refractivity contribution in [3.05, 3.63) is 10.7 Å². The van der Waals surface area contributed by atoms with E-state index >= 15 is 0 Å². The van der Waals surface area contributed by atoms with Gasteiger partial charge in [0.05, 0.1) is 0 Å². The summed E-state index contributed by atoms with van der Waals surface area (Å²) in [4.78, 5) is 16.6. The van der Waals surface area contributed by atoms with E-state index in [1.807, 2.05) is 0 Å². The molecule has 0 unspecified atom stereocenters. The fraction of sp³-hybridized carbons (Fsp3) is 0.333. The summed E-state index contributed by atoms with van der Waals surface area (Å²) in [6.07, 6.45) is 0.649. The summed E-state index contributed by atoms with van der Waals surface area (Å²) in [6, 6.07) is 0. The first-order valence-corrected chi connectivity index (χ1v) is 5.44. The summed E-state index contributed by atoms with van der Waals surface area (Å²) in [5, 5.41) is 0. The van der Waals surface area contributed by atoms with Crippen LogP contribution >= 0.6 is 7.60 Å². The van der Waals surface area contributed by atoms with Crippen molar-refractivity contribution in [2.75, 3.05) is 0 Å². The lowest BCUT2D eigenvalue weighted by molar-refractivity contribution is 0.383. The van der Waals surface area contributed by atoms with Crippen molar-refractivity contribution in [2.45, 2.75) is 6.92 Å². The Labute approximate surface area is 63.5 Å². The topological polar surface area (TPSA) is 112 Å². The van der Waals surface area contributed by atoms with Crippen molar-refractivity contribution < 1.29 is 27.3 Å². The van der Waals surface area contributed by atoms with Gasteiger partial charge in [-0.15, -0.1) is 0 Å². The SMILES string of the molecule is CC=C(P(=O)(O)O)S(=O)(=O)O. The van der Waals surface area contributed by atoms with Crippen LogP contribution in [-0.4, -0.2) is 22.8 Å². The summed E-state index contributed by atoms with van der Waals surface area (Å²) in [5.41, 5.74) is 0. The van der Waals surface area contributed by atoms with Gasteiger partial charge < -0.3 is 9.79 Å². The third kappa shape index (κ3) is 3.13. The molecule has 0 aromatic carbocycles. The first-order valence-electron chi connectivity index (χ1n) is 2.39. The molecule has 0 bridgehead atoms. The van der Waals surface area contributed by atoms with Crippen molar-refractivity contribution in [1.82, 2.24) is 0 Å². The molecule has 66 valence electrons. The van der Waals surface area contributed by atoms with E-state index in [-0.39, 0.29) is 0 Å². The van der Waals surface area contributed by atoms with Crippen LogP contribution in [0.2, 0.25) is 0 Å². The van der Waals surface area contributed by atoms with E-state index in [1.54, 1.807) is 0 Å². The van der Waals surface area contributed by atoms with Crippen LogP contribution in [0.15, 0.2) is 10.7 Å². The fourth-order valence-corrected chi connectivity index (χ4v) is 2.30. The van der Waals surface area contributed by atoms with E-state index in [2.05, 4.69) is 0 Å². The molecule has 0 aliphatic heterocycles. The molecule has 0 aliphatic rings. The number of allylic oxidation sites excluding steroid dienone is 1. The highest BCUT2D eigenvalue weighted by Gasteiger charge is 2.30. The van der Waals surface area contributed by atoms with E-state index in [4.69, 9.17) is 14.3 Å². The molecule has 0 aromatic heterocycles. The van der Waals surface area contributed by atoms with E-state index in [9.17, 15) is 13.0 Å². The number of hydrogen-bond acceptors (Lipinski definition) is 3. The zero-order valence-corrected chi connectivity index (χ0v) is 7.21. The van der Waals surface area contributed by atoms with Gasteiger partial charge in [0, 0.05) is 0 Å². The molecular formula is C3H7O6PS. The van der Waals surface area contributed by atoms with Gasteiger partial charge in [0.2, 0.25) is 0 Å². The summed E-state index contributed by atoms with van der Waals surface area (Å²) < 4.78 is 37.7. The lowest BCUT2D eigenvalue weighted by atomic mass is 10.8. The van der Waals surface area contributed by atoms with E-state index < -0.39 is 22.4 Å². The molecule has 0 aliphatic carbocycles. The van der Waals surface area contributed by atoms with Gasteiger partial charge in [-0.25, -0.2) is 0 Å². The minimum atomic E-state index is -4.87. The second-order valence-electron chi connectivity index (χ2n) is 1.65. The highest BCUT2D eigenvalue weighted by Crippen LogP contribution is 2.47. The van der Waals surface area contributed by atoms with Gasteiger partial charge in [0.1, 0.15) is 0 Å². The molecule has 0 heterocycles. The first kappa shape index (κ1) is 10.8. The van der Waals surface area contributed by atoms with Crippen LogP contribution in [0.3, 0.4) is 0 Å². The Hall–Kier alpha value is -0.200. The second-order valence-corrected chi connectivity index (χ2v) is 4.91. The molecule has 8 heteroatoms. The standard InChI is InChI=1S/C3H7O6PS/c1-2-3(10(4,5)6)11(7,8)9/h2H,1H3,(H2,4,5,6)(H,7,8,9). The van der Waals surface area contributed by atoms with Gasteiger partial charge in [-0.1, -0.05) is 6.08 Å². The van der Waals surface area contributed by atoms with Gasteiger partial charge in [-0.2, -0.15) is 8.42 Å². The summed E-state index contributed by atoms with van der Waals surface area (Å²) in [7, 11) is -9.65. The second kappa shape index (κ2) is 3.04. The largest absolute Gasteiger partial charge is 0.369 e. The van der Waals surface area contributed by atoms with E-state index in [0.29, 0.717) is 6.08 Å². The minimum absolute atomic E-state index is 0.649. The van der Waals surface area contributed by atoms with Crippen LogP contribution in [0.1, 0.15) is 6.92 Å². The monoisotopic (exact) mass is 202 g/mol. The molecule has 3 N–H and O–H groups in total. The van der Waals surface area contributed by atoms with Crippen molar-refractivity contribution in [3.63, 3.8) is 0 Å². The lowest BCUT2D eigenvalue weighted by Crippen LogP contribution is -2.01. The smallest absolute Gasteiger partial charge is 0.321 e. The van der Waals surface area contributed by atoms with E-state index in [1.165, 1.54) is 0 Å². The maximum atomic E-state index is 10.3. The molecular weight excluding hydrogens is 195 g/mol. The highest BCUT2D eigenvalue weighted by atomic mass is 32.2. The third-order valence-electron chi connectivity index (χ3n) is 0.798. The van der Waals surface area contributed by atoms with Gasteiger partial charge in [0.25, 0.3) is 0 Å². The Bertz CT molecular complexity index is 307. The molecule has 6 nitrogen and oxygen atoms in total. The Morgan fingerprint density at radius 3 is 1.82 bits per heavy atom. The molecule has 0 saturated carbocycles. The zero-order chi connectivity index (χ0) is 9.28. The molecule has 0 spiro atoms. The molecule has 11 heavy (non-hydrogen) atoms. The van der Waals surface area contributed by atoms with Crippen LogP contribution in [-0.2, 0) is 14.7 Å². The average molecular weight is 202 g/mol. The Kier molecular flexibility index (Phi) is 2.98. The predicted molar refractivity (Wildman–Crippen MR) is 37.3 cm³/mol. The molecule has 0 amide bonds. The van der Waals surface area contributed by atoms with Gasteiger partial charge in [-0.3, -0.25) is 9.12 Å². The summed E-state index contributed by atoms with van der Waals surface area (Å²) in [5.74, 6) is 0. The van der Waals surface area contributed by atoms with Gasteiger partial charge >= 0.3 is 17.7 Å². The molecule has 0 radical (unpaired) electrons. The number of hydrogen-bond donors (Lipinski definition) is 3. The quantitative estimate of drug-likeness (QED) is 0.426. The summed E-state index contributed by atoms with van der Waals surface area (Å²) >= 11 is 0. The molecule has 0 atom stereocenters. The average Bonchev–Trinajstić information content (AvgIpc) is 1.56. The van der Waals surface area contributed by atoms with Crippen LogP contribution in [0.5, 0.6) is 0 Å². The molecule has 0 fully saturated rings. The van der Waals surface area contributed by atoms with Crippen LogP contribution in [0, 0.1) is 0 Å². The summed E-state index contributed by atoms with van der Waals surface area (Å²) in [6.45, 7) is 1.10. The Morgan fingerprint density at radius 2 is 1.82 bits per heavy atom. The maximum Gasteiger partial charge on any atom is 0.369 e. The predicted octanol–water partition coefficient (Wildman–Crippen LogP) is -0.0868.